The Morgan fingerprint density at radius 2 is 1.84 bits per heavy atom. The summed E-state index contributed by atoms with van der Waals surface area (Å²) in [6.45, 7) is 9.46. The summed E-state index contributed by atoms with van der Waals surface area (Å²) >= 11 is 4.30. The van der Waals surface area contributed by atoms with Crippen LogP contribution in [-0.4, -0.2) is 21.4 Å². The maximum Gasteiger partial charge on any atom is 0.139 e. The van der Waals surface area contributed by atoms with E-state index in [1.165, 1.54) is 36.3 Å². The van der Waals surface area contributed by atoms with Gasteiger partial charge in [-0.3, -0.25) is 4.79 Å². The molecule has 25 heavy (non-hydrogen) atoms. The lowest BCUT2D eigenvalue weighted by Crippen LogP contribution is -2.52. The maximum absolute atomic E-state index is 12.6. The number of hydrogen-bond donors (Lipinski definition) is 0. The molecule has 0 aromatic rings. The monoisotopic (exact) mass is 374 g/mol. The van der Waals surface area contributed by atoms with E-state index >= 15 is 0 Å². The van der Waals surface area contributed by atoms with Crippen LogP contribution >= 0.6 is 23.5 Å². The summed E-state index contributed by atoms with van der Waals surface area (Å²) in [5.41, 5.74) is 3.38. The van der Waals surface area contributed by atoms with Crippen LogP contribution in [0.1, 0.15) is 58.8 Å². The van der Waals surface area contributed by atoms with Crippen LogP contribution in [0, 0.1) is 28.6 Å². The van der Waals surface area contributed by atoms with Gasteiger partial charge in [0.25, 0.3) is 0 Å². The summed E-state index contributed by atoms with van der Waals surface area (Å²) in [6, 6.07) is 0. The van der Waals surface area contributed by atoms with Gasteiger partial charge in [-0.25, -0.2) is 0 Å². The Morgan fingerprint density at radius 3 is 2.60 bits per heavy atom. The smallest absolute Gasteiger partial charge is 0.139 e. The molecule has 1 aliphatic heterocycles. The fourth-order valence-electron chi connectivity index (χ4n) is 7.16. The largest absolute Gasteiger partial charge is 0.299 e. The molecule has 0 amide bonds. The molecule has 0 radical (unpaired) electrons. The Labute approximate surface area is 160 Å². The van der Waals surface area contributed by atoms with E-state index in [1.54, 1.807) is 5.57 Å². The minimum absolute atomic E-state index is 0.00682. The van der Waals surface area contributed by atoms with Gasteiger partial charge < -0.3 is 0 Å². The average Bonchev–Trinajstić information content (AvgIpc) is 3.14. The highest BCUT2D eigenvalue weighted by molar-refractivity contribution is 8.21. The van der Waals surface area contributed by atoms with Crippen LogP contribution < -0.4 is 0 Å². The van der Waals surface area contributed by atoms with E-state index in [1.807, 2.05) is 0 Å². The maximum atomic E-state index is 12.6. The van der Waals surface area contributed by atoms with Crippen LogP contribution in [0.2, 0.25) is 0 Å². The van der Waals surface area contributed by atoms with Gasteiger partial charge in [-0.05, 0) is 56.3 Å². The molecule has 1 spiro atoms. The van der Waals surface area contributed by atoms with Crippen LogP contribution in [0.4, 0.5) is 0 Å². The SMILES string of the molecule is C=C1CC2(C=C3CC[C@@H]4[C@H](CC[C@]5(C)C(=O)CC[C@@H]45)[C@@]13C)SCCS2. The fourth-order valence-corrected chi connectivity index (χ4v) is 10.4. The number of rotatable bonds is 0. The number of hydrogen-bond acceptors (Lipinski definition) is 3. The molecular formula is C22H30OS2. The van der Waals surface area contributed by atoms with Crippen LogP contribution in [-0.2, 0) is 4.79 Å². The van der Waals surface area contributed by atoms with Crippen molar-refractivity contribution in [3.63, 3.8) is 0 Å². The topological polar surface area (TPSA) is 17.1 Å². The molecule has 1 heterocycles. The van der Waals surface area contributed by atoms with Crippen molar-refractivity contribution in [3.8, 4) is 0 Å². The lowest BCUT2D eigenvalue weighted by molar-refractivity contribution is -0.131. The van der Waals surface area contributed by atoms with Gasteiger partial charge in [0.2, 0.25) is 0 Å². The fraction of sp³-hybridized carbons (Fsp3) is 0.773. The Morgan fingerprint density at radius 1 is 1.08 bits per heavy atom. The molecule has 0 bridgehead atoms. The van der Waals surface area contributed by atoms with Crippen molar-refractivity contribution in [2.24, 2.45) is 28.6 Å². The van der Waals surface area contributed by atoms with Crippen LogP contribution in [0.3, 0.4) is 0 Å². The van der Waals surface area contributed by atoms with Crippen molar-refractivity contribution in [2.45, 2.75) is 62.9 Å². The van der Waals surface area contributed by atoms with Crippen molar-refractivity contribution in [2.75, 3.05) is 11.5 Å². The molecule has 136 valence electrons. The predicted octanol–water partition coefficient (Wildman–Crippen LogP) is 5.86. The van der Waals surface area contributed by atoms with Crippen molar-refractivity contribution >= 4 is 29.3 Å². The van der Waals surface area contributed by atoms with Crippen LogP contribution in [0.5, 0.6) is 0 Å². The van der Waals surface area contributed by atoms with Gasteiger partial charge in [0.05, 0.1) is 4.08 Å². The highest BCUT2D eigenvalue weighted by atomic mass is 32.2. The van der Waals surface area contributed by atoms with Gasteiger partial charge in [0.15, 0.2) is 0 Å². The quantitative estimate of drug-likeness (QED) is 0.494. The van der Waals surface area contributed by atoms with Gasteiger partial charge >= 0.3 is 0 Å². The Hall–Kier alpha value is -0.150. The first kappa shape index (κ1) is 17.0. The lowest BCUT2D eigenvalue weighted by atomic mass is 9.46. The number of carbonyl (C=O) groups is 1. The normalized spacial score (nSPS) is 48.1. The van der Waals surface area contributed by atoms with Gasteiger partial charge in [0.1, 0.15) is 5.78 Å². The summed E-state index contributed by atoms with van der Waals surface area (Å²) in [4.78, 5) is 12.6. The molecule has 1 saturated heterocycles. The van der Waals surface area contributed by atoms with Crippen LogP contribution in [0.25, 0.3) is 0 Å². The van der Waals surface area contributed by atoms with E-state index in [2.05, 4.69) is 50.0 Å². The first-order valence-corrected chi connectivity index (χ1v) is 12.1. The number of Topliss-reactive ketones (excluding diaryl/α,β-unsaturated/α-hetero) is 1. The third kappa shape index (κ3) is 2.15. The second-order valence-electron chi connectivity index (χ2n) is 9.49. The predicted molar refractivity (Wildman–Crippen MR) is 109 cm³/mol. The second-order valence-corrected chi connectivity index (χ2v) is 12.6. The van der Waals surface area contributed by atoms with Crippen molar-refractivity contribution in [1.29, 1.82) is 0 Å². The molecule has 3 saturated carbocycles. The minimum Gasteiger partial charge on any atom is -0.299 e. The third-order valence-corrected chi connectivity index (χ3v) is 11.9. The first-order valence-electron chi connectivity index (χ1n) is 10.1. The number of allylic oxidation sites excluding steroid dienone is 2. The highest BCUT2D eigenvalue weighted by Crippen LogP contribution is 2.68. The lowest BCUT2D eigenvalue weighted by Gasteiger charge is -2.59. The first-order chi connectivity index (χ1) is 11.9. The van der Waals surface area contributed by atoms with E-state index < -0.39 is 0 Å². The number of ketones is 1. The molecule has 0 unspecified atom stereocenters. The standard InChI is InChI=1S/C22H30OS2/c1-14-12-22(24-10-11-25-22)13-15-4-5-16-17-6-7-19(23)20(17,2)9-8-18(16)21(14,15)3/h13,16-18H,1,4-12H2,2-3H3/t16-,17-,18-,20-,21-/m0/s1. The van der Waals surface area contributed by atoms with Crippen molar-refractivity contribution in [1.82, 2.24) is 0 Å². The summed E-state index contributed by atoms with van der Waals surface area (Å²) in [6.07, 6.45) is 10.7. The van der Waals surface area contributed by atoms with E-state index in [-0.39, 0.29) is 10.8 Å². The van der Waals surface area contributed by atoms with Crippen molar-refractivity contribution in [3.05, 3.63) is 23.8 Å². The molecule has 0 N–H and O–H groups in total. The Bertz CT molecular complexity index is 674. The highest BCUT2D eigenvalue weighted by Gasteiger charge is 2.60. The van der Waals surface area contributed by atoms with Gasteiger partial charge in [-0.2, -0.15) is 0 Å². The molecule has 3 heteroatoms. The van der Waals surface area contributed by atoms with E-state index in [0.29, 0.717) is 15.8 Å². The second kappa shape index (κ2) is 5.44. The Balaban J connectivity index is 1.53. The molecule has 1 nitrogen and oxygen atoms in total. The average molecular weight is 375 g/mol. The summed E-state index contributed by atoms with van der Waals surface area (Å²) in [5, 5.41) is 0. The van der Waals surface area contributed by atoms with Gasteiger partial charge in [-0.15, -0.1) is 23.5 Å². The number of thioether (sulfide) groups is 2. The minimum atomic E-state index is -0.00682. The number of fused-ring (bicyclic) bond motifs is 5. The summed E-state index contributed by atoms with van der Waals surface area (Å²) in [5.74, 6) is 5.22. The zero-order valence-electron chi connectivity index (χ0n) is 15.6. The summed E-state index contributed by atoms with van der Waals surface area (Å²) in [7, 11) is 0. The van der Waals surface area contributed by atoms with E-state index in [4.69, 9.17) is 0 Å². The van der Waals surface area contributed by atoms with Gasteiger partial charge in [0, 0.05) is 28.8 Å². The third-order valence-electron chi connectivity index (χ3n) is 8.67. The van der Waals surface area contributed by atoms with Crippen LogP contribution in [0.15, 0.2) is 23.8 Å². The molecule has 5 rings (SSSR count). The summed E-state index contributed by atoms with van der Waals surface area (Å²) < 4.78 is 0.297. The van der Waals surface area contributed by atoms with Crippen molar-refractivity contribution < 1.29 is 4.79 Å². The molecule has 5 atom stereocenters. The van der Waals surface area contributed by atoms with E-state index in [0.717, 1.165) is 37.5 Å². The van der Waals surface area contributed by atoms with E-state index in [9.17, 15) is 4.79 Å². The zero-order valence-corrected chi connectivity index (χ0v) is 17.2. The zero-order chi connectivity index (χ0) is 17.4. The van der Waals surface area contributed by atoms with Gasteiger partial charge in [-0.1, -0.05) is 37.6 Å². The molecule has 5 aliphatic rings. The number of carbonyl (C=O) groups excluding carboxylic acids is 1. The molecule has 4 fully saturated rings. The molecule has 4 aliphatic carbocycles. The molecule has 0 aromatic carbocycles. The molecular weight excluding hydrogens is 344 g/mol. The molecule has 0 aromatic heterocycles. The Kier molecular flexibility index (Phi) is 3.69.